The maximum absolute atomic E-state index is 11.4. The Bertz CT molecular complexity index is 426. The standard InChI is InChI=1S/C14H18O4/c1-4-9-17-11-7-5-10(6-8-11)14(2)12(18-14)13(15)16-3/h5-8,12H,4,9H2,1-3H3. The Morgan fingerprint density at radius 1 is 1.39 bits per heavy atom. The lowest BCUT2D eigenvalue weighted by atomic mass is 9.97. The molecule has 1 aromatic carbocycles. The van der Waals surface area contributed by atoms with E-state index in [9.17, 15) is 4.79 Å². The lowest BCUT2D eigenvalue weighted by molar-refractivity contribution is -0.142. The fourth-order valence-electron chi connectivity index (χ4n) is 1.91. The zero-order valence-corrected chi connectivity index (χ0v) is 10.9. The van der Waals surface area contributed by atoms with Crippen LogP contribution in [0.2, 0.25) is 0 Å². The SMILES string of the molecule is CCCOc1ccc(C2(C)OC2C(=O)OC)cc1. The van der Waals surface area contributed by atoms with Gasteiger partial charge in [-0.25, -0.2) is 4.79 Å². The topological polar surface area (TPSA) is 48.1 Å². The summed E-state index contributed by atoms with van der Waals surface area (Å²) >= 11 is 0. The van der Waals surface area contributed by atoms with E-state index in [1.54, 1.807) is 0 Å². The molecule has 98 valence electrons. The van der Waals surface area contributed by atoms with Crippen LogP contribution in [0.1, 0.15) is 25.8 Å². The Labute approximate surface area is 107 Å². The highest BCUT2D eigenvalue weighted by molar-refractivity contribution is 5.79. The molecule has 2 unspecified atom stereocenters. The zero-order chi connectivity index (χ0) is 13.2. The van der Waals surface area contributed by atoms with Crippen molar-refractivity contribution in [2.75, 3.05) is 13.7 Å². The Morgan fingerprint density at radius 3 is 2.61 bits per heavy atom. The number of hydrogen-bond donors (Lipinski definition) is 0. The second kappa shape index (κ2) is 4.98. The van der Waals surface area contributed by atoms with Gasteiger partial charge in [0.2, 0.25) is 0 Å². The van der Waals surface area contributed by atoms with Crippen LogP contribution >= 0.6 is 0 Å². The summed E-state index contributed by atoms with van der Waals surface area (Å²) in [7, 11) is 1.37. The number of hydrogen-bond acceptors (Lipinski definition) is 4. The minimum atomic E-state index is -0.559. The van der Waals surface area contributed by atoms with Gasteiger partial charge in [-0.3, -0.25) is 0 Å². The molecule has 1 saturated heterocycles. The first kappa shape index (κ1) is 12.9. The molecule has 4 nitrogen and oxygen atoms in total. The highest BCUT2D eigenvalue weighted by Gasteiger charge is 2.59. The number of benzene rings is 1. The first-order valence-corrected chi connectivity index (χ1v) is 6.10. The van der Waals surface area contributed by atoms with Crippen LogP contribution in [0.4, 0.5) is 0 Å². The Kier molecular flexibility index (Phi) is 3.57. The summed E-state index contributed by atoms with van der Waals surface area (Å²) in [5.41, 5.74) is 0.401. The number of esters is 1. The Hall–Kier alpha value is -1.55. The van der Waals surface area contributed by atoms with Crippen LogP contribution in [0.5, 0.6) is 5.75 Å². The summed E-state index contributed by atoms with van der Waals surface area (Å²) in [6.45, 7) is 4.66. The molecule has 0 aliphatic carbocycles. The molecule has 2 rings (SSSR count). The molecule has 0 amide bonds. The molecule has 18 heavy (non-hydrogen) atoms. The summed E-state index contributed by atoms with van der Waals surface area (Å²) in [5, 5.41) is 0. The summed E-state index contributed by atoms with van der Waals surface area (Å²) in [6, 6.07) is 7.64. The van der Waals surface area contributed by atoms with Crippen LogP contribution in [-0.4, -0.2) is 25.8 Å². The Balaban J connectivity index is 2.05. The van der Waals surface area contributed by atoms with E-state index >= 15 is 0 Å². The molecule has 4 heteroatoms. The fourth-order valence-corrected chi connectivity index (χ4v) is 1.91. The highest BCUT2D eigenvalue weighted by Crippen LogP contribution is 2.46. The molecule has 2 atom stereocenters. The van der Waals surface area contributed by atoms with Crippen LogP contribution in [0.25, 0.3) is 0 Å². The number of carbonyl (C=O) groups is 1. The van der Waals surface area contributed by atoms with E-state index in [0.29, 0.717) is 6.61 Å². The van der Waals surface area contributed by atoms with Gasteiger partial charge < -0.3 is 14.2 Å². The third-order valence-electron chi connectivity index (χ3n) is 3.12. The van der Waals surface area contributed by atoms with Gasteiger partial charge in [-0.2, -0.15) is 0 Å². The van der Waals surface area contributed by atoms with Gasteiger partial charge in [0.25, 0.3) is 0 Å². The van der Waals surface area contributed by atoms with Gasteiger partial charge in [-0.1, -0.05) is 19.1 Å². The molecule has 1 aromatic rings. The first-order valence-electron chi connectivity index (χ1n) is 6.10. The molecule has 0 N–H and O–H groups in total. The monoisotopic (exact) mass is 250 g/mol. The predicted molar refractivity (Wildman–Crippen MR) is 66.5 cm³/mol. The predicted octanol–water partition coefficient (Wildman–Crippen LogP) is 2.26. The summed E-state index contributed by atoms with van der Waals surface area (Å²) < 4.78 is 15.6. The molecular weight excluding hydrogens is 232 g/mol. The van der Waals surface area contributed by atoms with Crippen LogP contribution < -0.4 is 4.74 Å². The molecule has 0 bridgehead atoms. The van der Waals surface area contributed by atoms with Gasteiger partial charge in [0, 0.05) is 0 Å². The highest BCUT2D eigenvalue weighted by atomic mass is 16.6. The molecule has 0 saturated carbocycles. The molecule has 0 spiro atoms. The van der Waals surface area contributed by atoms with Gasteiger partial charge in [-0.15, -0.1) is 0 Å². The van der Waals surface area contributed by atoms with Crippen molar-refractivity contribution in [3.05, 3.63) is 29.8 Å². The van der Waals surface area contributed by atoms with E-state index in [-0.39, 0.29) is 5.97 Å². The largest absolute Gasteiger partial charge is 0.494 e. The van der Waals surface area contributed by atoms with E-state index in [4.69, 9.17) is 9.47 Å². The van der Waals surface area contributed by atoms with Gasteiger partial charge in [0.1, 0.15) is 11.4 Å². The van der Waals surface area contributed by atoms with Crippen molar-refractivity contribution >= 4 is 5.97 Å². The van der Waals surface area contributed by atoms with Crippen LogP contribution in [0.3, 0.4) is 0 Å². The molecule has 0 aromatic heterocycles. The lowest BCUT2D eigenvalue weighted by Gasteiger charge is -2.09. The minimum absolute atomic E-state index is 0.330. The van der Waals surface area contributed by atoms with Crippen molar-refractivity contribution < 1.29 is 19.0 Å². The third-order valence-corrected chi connectivity index (χ3v) is 3.12. The average molecular weight is 250 g/mol. The van der Waals surface area contributed by atoms with Crippen LogP contribution in [0.15, 0.2) is 24.3 Å². The smallest absolute Gasteiger partial charge is 0.338 e. The van der Waals surface area contributed by atoms with Crippen molar-refractivity contribution in [2.45, 2.75) is 32.0 Å². The third kappa shape index (κ3) is 2.34. The van der Waals surface area contributed by atoms with Crippen molar-refractivity contribution in [3.63, 3.8) is 0 Å². The second-order valence-electron chi connectivity index (χ2n) is 4.50. The van der Waals surface area contributed by atoms with Crippen molar-refractivity contribution in [1.29, 1.82) is 0 Å². The van der Waals surface area contributed by atoms with Crippen molar-refractivity contribution in [1.82, 2.24) is 0 Å². The average Bonchev–Trinajstić information content (AvgIpc) is 3.09. The number of ether oxygens (including phenoxy) is 3. The first-order chi connectivity index (χ1) is 8.61. The minimum Gasteiger partial charge on any atom is -0.494 e. The van der Waals surface area contributed by atoms with E-state index in [0.717, 1.165) is 17.7 Å². The molecule has 0 radical (unpaired) electrons. The summed E-state index contributed by atoms with van der Waals surface area (Å²) in [5.74, 6) is 0.503. The summed E-state index contributed by atoms with van der Waals surface area (Å²) in [4.78, 5) is 11.4. The number of methoxy groups -OCH3 is 1. The number of rotatable bonds is 5. The second-order valence-corrected chi connectivity index (χ2v) is 4.50. The zero-order valence-electron chi connectivity index (χ0n) is 10.9. The van der Waals surface area contributed by atoms with E-state index in [2.05, 4.69) is 11.7 Å². The summed E-state index contributed by atoms with van der Waals surface area (Å²) in [6.07, 6.45) is 0.484. The lowest BCUT2D eigenvalue weighted by Crippen LogP contribution is -2.17. The van der Waals surface area contributed by atoms with Gasteiger partial charge in [-0.05, 0) is 31.0 Å². The van der Waals surface area contributed by atoms with Crippen LogP contribution in [-0.2, 0) is 19.9 Å². The number of carbonyl (C=O) groups excluding carboxylic acids is 1. The van der Waals surface area contributed by atoms with Gasteiger partial charge in [0.15, 0.2) is 6.10 Å². The molecule has 1 heterocycles. The molecule has 1 fully saturated rings. The molecular formula is C14H18O4. The Morgan fingerprint density at radius 2 is 2.06 bits per heavy atom. The van der Waals surface area contributed by atoms with Crippen molar-refractivity contribution in [2.24, 2.45) is 0 Å². The van der Waals surface area contributed by atoms with Gasteiger partial charge in [0.05, 0.1) is 13.7 Å². The number of epoxide rings is 1. The van der Waals surface area contributed by atoms with E-state index in [1.807, 2.05) is 31.2 Å². The maximum Gasteiger partial charge on any atom is 0.338 e. The van der Waals surface area contributed by atoms with E-state index in [1.165, 1.54) is 7.11 Å². The fraction of sp³-hybridized carbons (Fsp3) is 0.500. The molecule has 1 aliphatic rings. The van der Waals surface area contributed by atoms with Crippen molar-refractivity contribution in [3.8, 4) is 5.75 Å². The quantitative estimate of drug-likeness (QED) is 0.594. The molecule has 1 aliphatic heterocycles. The maximum atomic E-state index is 11.4. The van der Waals surface area contributed by atoms with Crippen LogP contribution in [0, 0.1) is 0 Å². The van der Waals surface area contributed by atoms with Gasteiger partial charge >= 0.3 is 5.97 Å². The normalized spacial score (nSPS) is 25.6. The van der Waals surface area contributed by atoms with E-state index < -0.39 is 11.7 Å².